The van der Waals surface area contributed by atoms with Crippen molar-refractivity contribution in [1.29, 1.82) is 0 Å². The number of halogens is 2. The molecule has 0 spiro atoms. The first-order valence-corrected chi connectivity index (χ1v) is 9.76. The van der Waals surface area contributed by atoms with Crippen molar-refractivity contribution in [3.05, 3.63) is 58.4 Å². The van der Waals surface area contributed by atoms with E-state index in [1.165, 1.54) is 0 Å². The molecule has 1 aliphatic rings. The quantitative estimate of drug-likeness (QED) is 0.514. The van der Waals surface area contributed by atoms with Gasteiger partial charge in [0.15, 0.2) is 11.5 Å². The number of para-hydroxylation sites is 1. The van der Waals surface area contributed by atoms with Gasteiger partial charge in [-0.2, -0.15) is 4.52 Å². The van der Waals surface area contributed by atoms with E-state index < -0.39 is 18.5 Å². The highest BCUT2D eigenvalue weighted by Gasteiger charge is 2.32. The van der Waals surface area contributed by atoms with Crippen LogP contribution < -0.4 is 10.5 Å². The highest BCUT2D eigenvalue weighted by molar-refractivity contribution is 5.77. The van der Waals surface area contributed by atoms with Crippen molar-refractivity contribution >= 4 is 22.4 Å². The summed E-state index contributed by atoms with van der Waals surface area (Å²) in [6.45, 7) is 1.80. The SMILES string of the molecule is Cc1nnc2ccc(N3CCCC3c3nc4ccccc4c(=O)n3CC(F)F)nn12. The molecule has 1 aliphatic heterocycles. The van der Waals surface area contributed by atoms with Gasteiger partial charge in [-0.25, -0.2) is 13.8 Å². The van der Waals surface area contributed by atoms with Gasteiger partial charge in [-0.05, 0) is 44.0 Å². The topological polar surface area (TPSA) is 81.2 Å². The van der Waals surface area contributed by atoms with Crippen molar-refractivity contribution in [3.63, 3.8) is 0 Å². The zero-order valence-electron chi connectivity index (χ0n) is 16.2. The zero-order valence-corrected chi connectivity index (χ0v) is 16.2. The van der Waals surface area contributed by atoms with Gasteiger partial charge in [0.2, 0.25) is 0 Å². The molecule has 0 N–H and O–H groups in total. The van der Waals surface area contributed by atoms with Gasteiger partial charge in [-0.1, -0.05) is 12.1 Å². The van der Waals surface area contributed by atoms with Gasteiger partial charge < -0.3 is 4.90 Å². The predicted molar refractivity (Wildman–Crippen MR) is 107 cm³/mol. The number of benzene rings is 1. The first-order chi connectivity index (χ1) is 14.5. The first kappa shape index (κ1) is 18.6. The molecule has 0 amide bonds. The van der Waals surface area contributed by atoms with Crippen molar-refractivity contribution < 1.29 is 8.78 Å². The van der Waals surface area contributed by atoms with Crippen molar-refractivity contribution in [2.24, 2.45) is 0 Å². The third kappa shape index (κ3) is 2.99. The van der Waals surface area contributed by atoms with Crippen LogP contribution in [0.25, 0.3) is 16.6 Å². The summed E-state index contributed by atoms with van der Waals surface area (Å²) in [5, 5.41) is 13.0. The van der Waals surface area contributed by atoms with Gasteiger partial charge in [0.1, 0.15) is 11.6 Å². The average Bonchev–Trinajstić information content (AvgIpc) is 3.37. The third-order valence-corrected chi connectivity index (χ3v) is 5.46. The smallest absolute Gasteiger partial charge is 0.261 e. The summed E-state index contributed by atoms with van der Waals surface area (Å²) in [4.78, 5) is 19.7. The van der Waals surface area contributed by atoms with Gasteiger partial charge in [-0.3, -0.25) is 9.36 Å². The Morgan fingerprint density at radius 3 is 2.83 bits per heavy atom. The maximum atomic E-state index is 13.3. The average molecular weight is 411 g/mol. The van der Waals surface area contributed by atoms with E-state index >= 15 is 0 Å². The van der Waals surface area contributed by atoms with E-state index in [2.05, 4.69) is 20.3 Å². The van der Waals surface area contributed by atoms with Gasteiger partial charge in [0.25, 0.3) is 12.0 Å². The van der Waals surface area contributed by atoms with E-state index in [1.54, 1.807) is 28.8 Å². The number of aryl methyl sites for hydroxylation is 1. The number of alkyl halides is 2. The summed E-state index contributed by atoms with van der Waals surface area (Å²) in [6, 6.07) is 10.2. The molecular weight excluding hydrogens is 392 g/mol. The van der Waals surface area contributed by atoms with Crippen LogP contribution in [0.15, 0.2) is 41.2 Å². The summed E-state index contributed by atoms with van der Waals surface area (Å²) >= 11 is 0. The lowest BCUT2D eigenvalue weighted by molar-refractivity contribution is 0.123. The number of nitrogens with zero attached hydrogens (tertiary/aromatic N) is 7. The van der Waals surface area contributed by atoms with Gasteiger partial charge in [0, 0.05) is 6.54 Å². The summed E-state index contributed by atoms with van der Waals surface area (Å²) < 4.78 is 29.4. The number of rotatable bonds is 4. The van der Waals surface area contributed by atoms with E-state index in [4.69, 9.17) is 0 Å². The molecular formula is C20H19F2N7O. The molecule has 1 saturated heterocycles. The maximum Gasteiger partial charge on any atom is 0.261 e. The minimum absolute atomic E-state index is 0.331. The summed E-state index contributed by atoms with van der Waals surface area (Å²) in [7, 11) is 0. The zero-order chi connectivity index (χ0) is 20.8. The Morgan fingerprint density at radius 2 is 2.00 bits per heavy atom. The van der Waals surface area contributed by atoms with Crippen molar-refractivity contribution in [3.8, 4) is 0 Å². The van der Waals surface area contributed by atoms with Crippen LogP contribution in [0.1, 0.15) is 30.5 Å². The number of fused-ring (bicyclic) bond motifs is 2. The predicted octanol–water partition coefficient (Wildman–Crippen LogP) is 2.75. The highest BCUT2D eigenvalue weighted by Crippen LogP contribution is 2.34. The molecule has 0 bridgehead atoms. The molecule has 8 nitrogen and oxygen atoms in total. The van der Waals surface area contributed by atoms with E-state index in [-0.39, 0.29) is 6.04 Å². The molecule has 5 rings (SSSR count). The van der Waals surface area contributed by atoms with Crippen LogP contribution in [0, 0.1) is 6.92 Å². The number of hydrogen-bond donors (Lipinski definition) is 0. The fourth-order valence-electron chi connectivity index (χ4n) is 4.10. The molecule has 4 heterocycles. The number of hydrogen-bond acceptors (Lipinski definition) is 6. The van der Waals surface area contributed by atoms with Crippen molar-refractivity contribution in [2.45, 2.75) is 38.8 Å². The maximum absolute atomic E-state index is 13.3. The minimum Gasteiger partial charge on any atom is -0.345 e. The second-order valence-electron chi connectivity index (χ2n) is 7.35. The van der Waals surface area contributed by atoms with Crippen molar-refractivity contribution in [1.82, 2.24) is 29.4 Å². The van der Waals surface area contributed by atoms with E-state index in [1.807, 2.05) is 24.0 Å². The second kappa shape index (κ2) is 7.12. The fraction of sp³-hybridized carbons (Fsp3) is 0.350. The first-order valence-electron chi connectivity index (χ1n) is 9.76. The van der Waals surface area contributed by atoms with Crippen LogP contribution in [0.2, 0.25) is 0 Å². The lowest BCUT2D eigenvalue weighted by atomic mass is 10.1. The summed E-state index contributed by atoms with van der Waals surface area (Å²) in [5.74, 6) is 1.67. The van der Waals surface area contributed by atoms with Crippen LogP contribution in [0.5, 0.6) is 0 Å². The monoisotopic (exact) mass is 411 g/mol. The molecule has 1 aromatic carbocycles. The van der Waals surface area contributed by atoms with E-state index in [0.29, 0.717) is 47.0 Å². The van der Waals surface area contributed by atoms with Crippen LogP contribution in [-0.4, -0.2) is 42.3 Å². The van der Waals surface area contributed by atoms with Crippen LogP contribution in [-0.2, 0) is 6.54 Å². The molecule has 0 aliphatic carbocycles. The Hall–Kier alpha value is -3.43. The van der Waals surface area contributed by atoms with Gasteiger partial charge in [-0.15, -0.1) is 15.3 Å². The standard InChI is InChI=1S/C20H19F2N7O/c1-12-24-25-17-8-9-18(26-29(12)17)27-10-4-7-15(27)19-23-14-6-3-2-5-13(14)20(30)28(19)11-16(21)22/h2-3,5-6,8-9,15-16H,4,7,10-11H2,1H3. The number of anilines is 1. The Labute approximate surface area is 169 Å². The molecule has 4 aromatic rings. The molecule has 3 aromatic heterocycles. The fourth-order valence-corrected chi connectivity index (χ4v) is 4.10. The highest BCUT2D eigenvalue weighted by atomic mass is 19.3. The molecule has 0 saturated carbocycles. The normalized spacial score (nSPS) is 16.9. The Bertz CT molecular complexity index is 1300. The summed E-state index contributed by atoms with van der Waals surface area (Å²) in [5.41, 5.74) is 0.694. The molecule has 10 heteroatoms. The Morgan fingerprint density at radius 1 is 1.17 bits per heavy atom. The third-order valence-electron chi connectivity index (χ3n) is 5.46. The Kier molecular flexibility index (Phi) is 4.41. The van der Waals surface area contributed by atoms with Gasteiger partial charge >= 0.3 is 0 Å². The van der Waals surface area contributed by atoms with E-state index in [9.17, 15) is 13.6 Å². The minimum atomic E-state index is -2.66. The molecule has 1 fully saturated rings. The lowest BCUT2D eigenvalue weighted by Gasteiger charge is -2.27. The molecule has 1 atom stereocenters. The molecule has 1 unspecified atom stereocenters. The van der Waals surface area contributed by atoms with Crippen LogP contribution >= 0.6 is 0 Å². The second-order valence-corrected chi connectivity index (χ2v) is 7.35. The van der Waals surface area contributed by atoms with Crippen LogP contribution in [0.3, 0.4) is 0 Å². The molecule has 0 radical (unpaired) electrons. The van der Waals surface area contributed by atoms with Gasteiger partial charge in [0.05, 0.1) is 23.5 Å². The van der Waals surface area contributed by atoms with Crippen molar-refractivity contribution in [2.75, 3.05) is 11.4 Å². The van der Waals surface area contributed by atoms with E-state index in [0.717, 1.165) is 11.0 Å². The van der Waals surface area contributed by atoms with Crippen LogP contribution in [0.4, 0.5) is 14.6 Å². The molecule has 154 valence electrons. The largest absolute Gasteiger partial charge is 0.345 e. The Balaban J connectivity index is 1.65. The molecule has 30 heavy (non-hydrogen) atoms. The number of aromatic nitrogens is 6. The summed E-state index contributed by atoms with van der Waals surface area (Å²) in [6.07, 6.45) is -1.13. The lowest BCUT2D eigenvalue weighted by Crippen LogP contribution is -2.34.